The van der Waals surface area contributed by atoms with E-state index in [4.69, 9.17) is 0 Å². The van der Waals surface area contributed by atoms with E-state index in [2.05, 4.69) is 0 Å². The van der Waals surface area contributed by atoms with Gasteiger partial charge in [0.1, 0.15) is 5.60 Å². The van der Waals surface area contributed by atoms with Gasteiger partial charge < -0.3 is 5.11 Å². The summed E-state index contributed by atoms with van der Waals surface area (Å²) >= 11 is 0. The van der Waals surface area contributed by atoms with Gasteiger partial charge in [-0.2, -0.15) is 0 Å². The predicted molar refractivity (Wildman–Crippen MR) is 124 cm³/mol. The predicted octanol–water partition coefficient (Wildman–Crippen LogP) is 5.85. The van der Waals surface area contributed by atoms with E-state index < -0.39 is 11.5 Å². The molecule has 1 aliphatic rings. The van der Waals surface area contributed by atoms with Gasteiger partial charge in [0.05, 0.1) is 5.92 Å². The third-order valence-electron chi connectivity index (χ3n) is 6.03. The molecule has 0 radical (unpaired) electrons. The fraction of sp³-hybridized carbons (Fsp3) is 0.0690. The SMILES string of the molecule is O=C1C(c2ccccc2)=C(c2ccccc2)[C@@](O)(c2ccccc2)[C@H]1c1ccccc1. The number of ketones is 1. The number of carbonyl (C=O) groups is 1. The van der Waals surface area contributed by atoms with Crippen LogP contribution in [-0.2, 0) is 10.4 Å². The minimum absolute atomic E-state index is 0.0670. The van der Waals surface area contributed by atoms with Gasteiger partial charge in [0.15, 0.2) is 5.78 Å². The summed E-state index contributed by atoms with van der Waals surface area (Å²) in [5.74, 6) is -0.802. The van der Waals surface area contributed by atoms with Crippen molar-refractivity contribution in [3.05, 3.63) is 144 Å². The van der Waals surface area contributed by atoms with Crippen molar-refractivity contribution in [1.29, 1.82) is 0 Å². The highest BCUT2D eigenvalue weighted by Gasteiger charge is 2.54. The number of carbonyl (C=O) groups excluding carboxylic acids is 1. The van der Waals surface area contributed by atoms with E-state index >= 15 is 0 Å². The van der Waals surface area contributed by atoms with E-state index in [9.17, 15) is 9.90 Å². The highest BCUT2D eigenvalue weighted by atomic mass is 16.3. The van der Waals surface area contributed by atoms with E-state index in [-0.39, 0.29) is 5.78 Å². The van der Waals surface area contributed by atoms with Crippen LogP contribution in [0.5, 0.6) is 0 Å². The number of hydrogen-bond donors (Lipinski definition) is 1. The number of aliphatic hydroxyl groups is 1. The maximum Gasteiger partial charge on any atom is 0.174 e. The molecule has 1 aliphatic carbocycles. The minimum Gasteiger partial charge on any atom is -0.379 e. The number of hydrogen-bond acceptors (Lipinski definition) is 2. The van der Waals surface area contributed by atoms with Crippen molar-refractivity contribution in [2.24, 2.45) is 0 Å². The second-order valence-corrected chi connectivity index (χ2v) is 7.82. The van der Waals surface area contributed by atoms with Crippen LogP contribution in [0.4, 0.5) is 0 Å². The van der Waals surface area contributed by atoms with Gasteiger partial charge in [0.2, 0.25) is 0 Å². The van der Waals surface area contributed by atoms with Gasteiger partial charge in [-0.1, -0.05) is 121 Å². The summed E-state index contributed by atoms with van der Waals surface area (Å²) in [5.41, 5.74) is 2.92. The first-order chi connectivity index (χ1) is 15.2. The molecule has 0 spiro atoms. The third-order valence-corrected chi connectivity index (χ3v) is 6.03. The molecule has 4 aromatic carbocycles. The first-order valence-electron chi connectivity index (χ1n) is 10.4. The lowest BCUT2D eigenvalue weighted by Crippen LogP contribution is -2.34. The van der Waals surface area contributed by atoms with Crippen molar-refractivity contribution in [2.45, 2.75) is 11.5 Å². The molecule has 0 saturated carbocycles. The maximum atomic E-state index is 14.1. The Labute approximate surface area is 182 Å². The molecule has 0 saturated heterocycles. The highest BCUT2D eigenvalue weighted by molar-refractivity contribution is 6.35. The number of benzene rings is 4. The smallest absolute Gasteiger partial charge is 0.174 e. The molecule has 150 valence electrons. The molecule has 0 aromatic heterocycles. The van der Waals surface area contributed by atoms with E-state index in [1.54, 1.807) is 0 Å². The van der Waals surface area contributed by atoms with E-state index in [1.165, 1.54) is 0 Å². The zero-order valence-corrected chi connectivity index (χ0v) is 17.0. The summed E-state index contributed by atoms with van der Waals surface area (Å²) in [7, 11) is 0. The van der Waals surface area contributed by atoms with E-state index in [1.807, 2.05) is 121 Å². The molecule has 0 amide bonds. The molecule has 1 N–H and O–H groups in total. The summed E-state index contributed by atoms with van der Waals surface area (Å²) in [6.07, 6.45) is 0. The van der Waals surface area contributed by atoms with Crippen LogP contribution in [-0.4, -0.2) is 10.9 Å². The molecule has 5 rings (SSSR count). The van der Waals surface area contributed by atoms with E-state index in [0.717, 1.165) is 16.7 Å². The van der Waals surface area contributed by atoms with Gasteiger partial charge in [-0.15, -0.1) is 0 Å². The van der Waals surface area contributed by atoms with Gasteiger partial charge in [-0.3, -0.25) is 4.79 Å². The first kappa shape index (κ1) is 19.2. The van der Waals surface area contributed by atoms with Crippen LogP contribution in [0.3, 0.4) is 0 Å². The molecular formula is C29H22O2. The summed E-state index contributed by atoms with van der Waals surface area (Å²) in [5, 5.41) is 12.5. The van der Waals surface area contributed by atoms with Crippen molar-refractivity contribution in [3.63, 3.8) is 0 Å². The monoisotopic (exact) mass is 402 g/mol. The molecule has 31 heavy (non-hydrogen) atoms. The van der Waals surface area contributed by atoms with Gasteiger partial charge in [0, 0.05) is 11.1 Å². The van der Waals surface area contributed by atoms with Crippen molar-refractivity contribution >= 4 is 16.9 Å². The normalized spacial score (nSPS) is 20.8. The number of allylic oxidation sites excluding steroid dienone is 1. The summed E-state index contributed by atoms with van der Waals surface area (Å²) in [6, 6.07) is 38.6. The van der Waals surface area contributed by atoms with Gasteiger partial charge >= 0.3 is 0 Å². The Morgan fingerprint density at radius 2 is 1.03 bits per heavy atom. The van der Waals surface area contributed by atoms with Crippen molar-refractivity contribution in [2.75, 3.05) is 0 Å². The Morgan fingerprint density at radius 1 is 0.581 bits per heavy atom. The molecule has 0 heterocycles. The molecule has 2 atom stereocenters. The Hall–Kier alpha value is -3.75. The lowest BCUT2D eigenvalue weighted by molar-refractivity contribution is -0.118. The molecule has 2 nitrogen and oxygen atoms in total. The fourth-order valence-corrected chi connectivity index (χ4v) is 4.69. The quantitative estimate of drug-likeness (QED) is 0.465. The highest BCUT2D eigenvalue weighted by Crippen LogP contribution is 2.56. The lowest BCUT2D eigenvalue weighted by Gasteiger charge is -2.33. The Bertz CT molecular complexity index is 1230. The van der Waals surface area contributed by atoms with Gasteiger partial charge in [-0.05, 0) is 22.3 Å². The van der Waals surface area contributed by atoms with Gasteiger partial charge in [-0.25, -0.2) is 0 Å². The van der Waals surface area contributed by atoms with Crippen molar-refractivity contribution in [1.82, 2.24) is 0 Å². The second kappa shape index (κ2) is 7.82. The summed E-state index contributed by atoms with van der Waals surface area (Å²) < 4.78 is 0. The van der Waals surface area contributed by atoms with Crippen LogP contribution in [0.2, 0.25) is 0 Å². The van der Waals surface area contributed by atoms with Crippen LogP contribution in [0, 0.1) is 0 Å². The third kappa shape index (κ3) is 3.13. The zero-order chi connectivity index (χ0) is 21.3. The van der Waals surface area contributed by atoms with E-state index in [0.29, 0.717) is 16.7 Å². The first-order valence-corrected chi connectivity index (χ1v) is 10.4. The Kier molecular flexibility index (Phi) is 4.85. The molecular weight excluding hydrogens is 380 g/mol. The maximum absolute atomic E-state index is 14.1. The largest absolute Gasteiger partial charge is 0.379 e. The lowest BCUT2D eigenvalue weighted by atomic mass is 9.74. The van der Waals surface area contributed by atoms with Crippen LogP contribution < -0.4 is 0 Å². The van der Waals surface area contributed by atoms with Crippen molar-refractivity contribution in [3.8, 4) is 0 Å². The molecule has 0 bridgehead atoms. The molecule has 2 heteroatoms. The number of Topliss-reactive ketones (excluding diaryl/α,β-unsaturated/α-hetero) is 1. The molecule has 4 aromatic rings. The summed E-state index contributed by atoms with van der Waals surface area (Å²) in [6.45, 7) is 0. The Morgan fingerprint density at radius 3 is 1.58 bits per heavy atom. The Balaban J connectivity index is 1.87. The van der Waals surface area contributed by atoms with Crippen LogP contribution in [0.25, 0.3) is 11.1 Å². The molecule has 0 unspecified atom stereocenters. The molecule has 0 fully saturated rings. The average molecular weight is 402 g/mol. The van der Waals surface area contributed by atoms with Gasteiger partial charge in [0.25, 0.3) is 0 Å². The van der Waals surface area contributed by atoms with Crippen LogP contribution >= 0.6 is 0 Å². The minimum atomic E-state index is -1.49. The topological polar surface area (TPSA) is 37.3 Å². The van der Waals surface area contributed by atoms with Crippen molar-refractivity contribution < 1.29 is 9.90 Å². The zero-order valence-electron chi connectivity index (χ0n) is 17.0. The second-order valence-electron chi connectivity index (χ2n) is 7.82. The number of rotatable bonds is 4. The average Bonchev–Trinajstić information content (AvgIpc) is 3.09. The fourth-order valence-electron chi connectivity index (χ4n) is 4.69. The molecule has 0 aliphatic heterocycles. The van der Waals surface area contributed by atoms with Crippen LogP contribution in [0.1, 0.15) is 28.2 Å². The standard InChI is InChI=1S/C29H22O2/c30-28-25(21-13-5-1-6-14-21)26(22-15-7-2-8-16-22)29(31,24-19-11-4-12-20-24)27(28)23-17-9-3-10-18-23/h1-20,27,31H/t27-,29-/m0/s1. The van der Waals surface area contributed by atoms with Crippen LogP contribution in [0.15, 0.2) is 121 Å². The summed E-state index contributed by atoms with van der Waals surface area (Å²) in [4.78, 5) is 14.1.